The third-order valence-corrected chi connectivity index (χ3v) is 8.18. The van der Waals surface area contributed by atoms with Crippen molar-refractivity contribution in [3.8, 4) is 0 Å². The van der Waals surface area contributed by atoms with Gasteiger partial charge in [0, 0.05) is 39.7 Å². The van der Waals surface area contributed by atoms with E-state index in [0.717, 1.165) is 17.7 Å². The molecule has 4 rings (SSSR count). The standard InChI is InChI=1S/C24H17Cl5F2N2O/c1-23(12-6-13(25)8-14(26)7-12)21(24(23,28)29)11-32-16-3-4-18(27)17(10-16)22(34)33-20-5-2-15(30)9-19(20)31/h2-10,21,32H,11H2,1H3,(H,33,34). The van der Waals surface area contributed by atoms with Gasteiger partial charge in [-0.05, 0) is 54.1 Å². The van der Waals surface area contributed by atoms with Crippen LogP contribution in [0.15, 0.2) is 54.6 Å². The van der Waals surface area contributed by atoms with Gasteiger partial charge in [0.1, 0.15) is 16.0 Å². The van der Waals surface area contributed by atoms with Crippen LogP contribution in [0.2, 0.25) is 15.1 Å². The molecule has 1 amide bonds. The van der Waals surface area contributed by atoms with Crippen molar-refractivity contribution < 1.29 is 13.6 Å². The first kappa shape index (κ1) is 25.3. The summed E-state index contributed by atoms with van der Waals surface area (Å²) in [6.45, 7) is 2.31. The molecular formula is C24H17Cl5F2N2O. The Bertz CT molecular complexity index is 1270. The second-order valence-corrected chi connectivity index (χ2v) is 10.9. The Balaban J connectivity index is 1.50. The molecule has 1 saturated carbocycles. The third kappa shape index (κ3) is 4.69. The molecule has 3 nitrogen and oxygen atoms in total. The van der Waals surface area contributed by atoms with Crippen LogP contribution in [-0.2, 0) is 5.41 Å². The van der Waals surface area contributed by atoms with Gasteiger partial charge >= 0.3 is 0 Å². The van der Waals surface area contributed by atoms with Crippen LogP contribution in [0.1, 0.15) is 22.8 Å². The van der Waals surface area contributed by atoms with Gasteiger partial charge in [0.15, 0.2) is 0 Å². The van der Waals surface area contributed by atoms with Crippen molar-refractivity contribution in [1.29, 1.82) is 0 Å². The molecule has 3 aromatic carbocycles. The van der Waals surface area contributed by atoms with E-state index >= 15 is 0 Å². The van der Waals surface area contributed by atoms with Crippen molar-refractivity contribution >= 4 is 75.3 Å². The van der Waals surface area contributed by atoms with Crippen molar-refractivity contribution in [3.05, 3.63) is 92.4 Å². The molecule has 1 fully saturated rings. The Morgan fingerprint density at radius 1 is 0.971 bits per heavy atom. The molecule has 0 bridgehead atoms. The van der Waals surface area contributed by atoms with Crippen LogP contribution < -0.4 is 10.6 Å². The molecular weight excluding hydrogens is 548 g/mol. The molecule has 0 aliphatic heterocycles. The number of anilines is 2. The zero-order valence-electron chi connectivity index (χ0n) is 17.5. The van der Waals surface area contributed by atoms with E-state index < -0.39 is 27.3 Å². The van der Waals surface area contributed by atoms with Gasteiger partial charge in [-0.3, -0.25) is 4.79 Å². The minimum atomic E-state index is -1.07. The highest BCUT2D eigenvalue weighted by Crippen LogP contribution is 2.69. The molecule has 2 unspecified atom stereocenters. The first-order valence-electron chi connectivity index (χ1n) is 10.1. The SMILES string of the molecule is CC1(c2cc(Cl)cc(Cl)c2)C(CNc2ccc(Cl)c(C(=O)Nc3ccc(F)cc3F)c2)C1(Cl)Cl. The van der Waals surface area contributed by atoms with E-state index in [1.807, 2.05) is 6.92 Å². The van der Waals surface area contributed by atoms with Gasteiger partial charge in [-0.25, -0.2) is 8.78 Å². The summed E-state index contributed by atoms with van der Waals surface area (Å²) in [5, 5.41) is 6.76. The second kappa shape index (κ2) is 9.36. The number of amides is 1. The maximum absolute atomic E-state index is 13.9. The minimum absolute atomic E-state index is 0.110. The van der Waals surface area contributed by atoms with E-state index in [2.05, 4.69) is 10.6 Å². The van der Waals surface area contributed by atoms with E-state index in [0.29, 0.717) is 28.3 Å². The van der Waals surface area contributed by atoms with Gasteiger partial charge in [-0.15, -0.1) is 23.2 Å². The Kier molecular flexibility index (Phi) is 6.98. The lowest BCUT2D eigenvalue weighted by Gasteiger charge is -2.15. The second-order valence-electron chi connectivity index (χ2n) is 8.19. The number of halogens is 7. The van der Waals surface area contributed by atoms with Crippen molar-refractivity contribution in [2.45, 2.75) is 16.7 Å². The molecule has 0 aromatic heterocycles. The van der Waals surface area contributed by atoms with Gasteiger partial charge in [0.25, 0.3) is 5.91 Å². The van der Waals surface area contributed by atoms with Crippen molar-refractivity contribution in [2.24, 2.45) is 5.92 Å². The fourth-order valence-corrected chi connectivity index (χ4v) is 5.70. The molecule has 0 radical (unpaired) electrons. The fraction of sp³-hybridized carbons (Fsp3) is 0.208. The molecule has 0 spiro atoms. The zero-order valence-corrected chi connectivity index (χ0v) is 21.3. The molecule has 2 atom stereocenters. The van der Waals surface area contributed by atoms with Crippen LogP contribution in [0, 0.1) is 17.6 Å². The number of benzene rings is 3. The molecule has 178 valence electrons. The van der Waals surface area contributed by atoms with Crippen LogP contribution in [-0.4, -0.2) is 16.8 Å². The Hall–Kier alpha value is -1.76. The number of hydrogen-bond donors (Lipinski definition) is 2. The molecule has 2 N–H and O–H groups in total. The fourth-order valence-electron chi connectivity index (χ4n) is 4.00. The van der Waals surface area contributed by atoms with Crippen LogP contribution in [0.25, 0.3) is 0 Å². The van der Waals surface area contributed by atoms with E-state index in [-0.39, 0.29) is 22.2 Å². The molecule has 10 heteroatoms. The number of nitrogens with one attached hydrogen (secondary N) is 2. The number of rotatable bonds is 6. The highest BCUT2D eigenvalue weighted by Gasteiger charge is 2.73. The van der Waals surface area contributed by atoms with Crippen LogP contribution in [0.3, 0.4) is 0 Å². The lowest BCUT2D eigenvalue weighted by molar-refractivity contribution is 0.102. The predicted octanol–water partition coefficient (Wildman–Crippen LogP) is 8.35. The highest BCUT2D eigenvalue weighted by molar-refractivity contribution is 6.52. The molecule has 0 saturated heterocycles. The average molecular weight is 565 g/mol. The van der Waals surface area contributed by atoms with Gasteiger partial charge in [-0.2, -0.15) is 0 Å². The summed E-state index contributed by atoms with van der Waals surface area (Å²) in [5.74, 6) is -2.48. The number of alkyl halides is 2. The first-order valence-corrected chi connectivity index (χ1v) is 12.0. The summed E-state index contributed by atoms with van der Waals surface area (Å²) in [6, 6.07) is 12.8. The number of carbonyl (C=O) groups is 1. The number of carbonyl (C=O) groups excluding carboxylic acids is 1. The Labute approximate surface area is 220 Å². The summed E-state index contributed by atoms with van der Waals surface area (Å²) in [5.41, 5.74) is 0.739. The molecule has 1 aliphatic rings. The molecule has 1 aliphatic carbocycles. The van der Waals surface area contributed by atoms with Gasteiger partial charge < -0.3 is 10.6 Å². The average Bonchev–Trinajstić information content (AvgIpc) is 3.20. The maximum atomic E-state index is 13.9. The van der Waals surface area contributed by atoms with Crippen LogP contribution >= 0.6 is 58.0 Å². The quantitative estimate of drug-likeness (QED) is 0.296. The van der Waals surface area contributed by atoms with Gasteiger partial charge in [-0.1, -0.05) is 41.7 Å². The maximum Gasteiger partial charge on any atom is 0.257 e. The van der Waals surface area contributed by atoms with E-state index in [4.69, 9.17) is 58.0 Å². The monoisotopic (exact) mass is 562 g/mol. The van der Waals surface area contributed by atoms with E-state index in [9.17, 15) is 13.6 Å². The summed E-state index contributed by atoms with van der Waals surface area (Å²) in [7, 11) is 0. The summed E-state index contributed by atoms with van der Waals surface area (Å²) in [4.78, 5) is 12.7. The normalized spacial score (nSPS) is 20.6. The van der Waals surface area contributed by atoms with E-state index in [1.165, 1.54) is 12.1 Å². The van der Waals surface area contributed by atoms with Gasteiger partial charge in [0.05, 0.1) is 16.3 Å². The van der Waals surface area contributed by atoms with Crippen LogP contribution in [0.4, 0.5) is 20.2 Å². The highest BCUT2D eigenvalue weighted by atomic mass is 35.5. The smallest absolute Gasteiger partial charge is 0.257 e. The van der Waals surface area contributed by atoms with E-state index in [1.54, 1.807) is 24.3 Å². The predicted molar refractivity (Wildman–Crippen MR) is 136 cm³/mol. The minimum Gasteiger partial charge on any atom is -0.385 e. The lowest BCUT2D eigenvalue weighted by Crippen LogP contribution is -2.15. The zero-order chi connectivity index (χ0) is 24.8. The summed E-state index contributed by atoms with van der Waals surface area (Å²) >= 11 is 31.8. The van der Waals surface area contributed by atoms with Gasteiger partial charge in [0.2, 0.25) is 0 Å². The Morgan fingerprint density at radius 3 is 2.29 bits per heavy atom. The largest absolute Gasteiger partial charge is 0.385 e. The summed E-state index contributed by atoms with van der Waals surface area (Å²) < 4.78 is 26.0. The Morgan fingerprint density at radius 2 is 1.65 bits per heavy atom. The van der Waals surface area contributed by atoms with Crippen molar-refractivity contribution in [1.82, 2.24) is 0 Å². The third-order valence-electron chi connectivity index (χ3n) is 6.11. The van der Waals surface area contributed by atoms with Crippen molar-refractivity contribution in [2.75, 3.05) is 17.2 Å². The molecule has 34 heavy (non-hydrogen) atoms. The molecule has 3 aromatic rings. The topological polar surface area (TPSA) is 41.1 Å². The van der Waals surface area contributed by atoms with Crippen molar-refractivity contribution in [3.63, 3.8) is 0 Å². The number of hydrogen-bond acceptors (Lipinski definition) is 2. The lowest BCUT2D eigenvalue weighted by atomic mass is 9.95. The molecule has 0 heterocycles. The summed E-state index contributed by atoms with van der Waals surface area (Å²) in [6.07, 6.45) is 0. The first-order chi connectivity index (χ1) is 15.9. The van der Waals surface area contributed by atoms with Crippen LogP contribution in [0.5, 0.6) is 0 Å².